The van der Waals surface area contributed by atoms with Crippen LogP contribution in [0.5, 0.6) is 0 Å². The fourth-order valence-corrected chi connectivity index (χ4v) is 3.84. The Morgan fingerprint density at radius 1 is 1.35 bits per heavy atom. The van der Waals surface area contributed by atoms with Gasteiger partial charge in [0, 0.05) is 26.2 Å². The second-order valence-electron chi connectivity index (χ2n) is 5.88. The first kappa shape index (κ1) is 16.0. The predicted molar refractivity (Wildman–Crippen MR) is 88.6 cm³/mol. The summed E-state index contributed by atoms with van der Waals surface area (Å²) in [6.07, 6.45) is 1.24. The topological polar surface area (TPSA) is 23.6 Å². The van der Waals surface area contributed by atoms with Crippen molar-refractivity contribution in [3.63, 3.8) is 0 Å². The number of amides is 1. The fraction of sp³-hybridized carbons (Fsp3) is 0.667. The van der Waals surface area contributed by atoms with E-state index in [1.807, 2.05) is 17.9 Å². The van der Waals surface area contributed by atoms with Gasteiger partial charge < -0.3 is 4.90 Å². The van der Waals surface area contributed by atoms with Crippen LogP contribution in [-0.4, -0.2) is 48.4 Å². The molecule has 0 aliphatic carbocycles. The van der Waals surface area contributed by atoms with Gasteiger partial charge in [-0.2, -0.15) is 0 Å². The first-order valence-corrected chi connectivity index (χ1v) is 8.86. The molecule has 0 atom stereocenters. The zero-order valence-corrected chi connectivity index (χ0v) is 14.9. The Balaban J connectivity index is 1.85. The molecule has 0 saturated carbocycles. The van der Waals surface area contributed by atoms with Crippen LogP contribution in [-0.2, 0) is 0 Å². The van der Waals surface area contributed by atoms with Crippen LogP contribution in [0.25, 0.3) is 0 Å². The van der Waals surface area contributed by atoms with Crippen LogP contribution in [0.1, 0.15) is 35.5 Å². The summed E-state index contributed by atoms with van der Waals surface area (Å²) in [5.41, 5.74) is 1.15. The van der Waals surface area contributed by atoms with E-state index in [2.05, 4.69) is 34.7 Å². The number of nitrogens with zero attached hydrogens (tertiary/aromatic N) is 2. The van der Waals surface area contributed by atoms with Gasteiger partial charge in [-0.05, 0) is 53.4 Å². The number of rotatable bonds is 4. The van der Waals surface area contributed by atoms with Crippen molar-refractivity contribution in [2.24, 2.45) is 5.92 Å². The van der Waals surface area contributed by atoms with Crippen molar-refractivity contribution in [3.8, 4) is 0 Å². The van der Waals surface area contributed by atoms with Crippen molar-refractivity contribution in [2.45, 2.75) is 27.2 Å². The molecule has 1 fully saturated rings. The minimum atomic E-state index is 0.187. The molecule has 0 spiro atoms. The third-order valence-corrected chi connectivity index (χ3v) is 5.87. The van der Waals surface area contributed by atoms with E-state index in [0.29, 0.717) is 0 Å². The van der Waals surface area contributed by atoms with E-state index in [0.717, 1.165) is 52.9 Å². The number of carbonyl (C=O) groups excluding carboxylic acids is 1. The second-order valence-corrected chi connectivity index (χ2v) is 8.25. The number of hydrogen-bond acceptors (Lipinski definition) is 3. The monoisotopic (exact) mass is 358 g/mol. The molecule has 0 unspecified atom stereocenters. The molecule has 2 heterocycles. The number of halogens is 1. The average Bonchev–Trinajstić information content (AvgIpc) is 2.76. The summed E-state index contributed by atoms with van der Waals surface area (Å²) in [5, 5.41) is 0. The molecule has 0 bridgehead atoms. The van der Waals surface area contributed by atoms with Gasteiger partial charge in [0.15, 0.2) is 0 Å². The Hall–Kier alpha value is -0.390. The van der Waals surface area contributed by atoms with Crippen LogP contribution in [0.15, 0.2) is 9.85 Å². The van der Waals surface area contributed by atoms with Crippen LogP contribution >= 0.6 is 27.3 Å². The predicted octanol–water partition coefficient (Wildman–Crippen LogP) is 3.62. The Labute approximate surface area is 134 Å². The maximum atomic E-state index is 12.4. The molecule has 112 valence electrons. The molecular weight excluding hydrogens is 336 g/mol. The smallest absolute Gasteiger partial charge is 0.264 e. The molecule has 1 amide bonds. The summed E-state index contributed by atoms with van der Waals surface area (Å²) in [6, 6.07) is 1.99. The van der Waals surface area contributed by atoms with Gasteiger partial charge >= 0.3 is 0 Å². The zero-order chi connectivity index (χ0) is 14.7. The van der Waals surface area contributed by atoms with Crippen molar-refractivity contribution < 1.29 is 4.79 Å². The summed E-state index contributed by atoms with van der Waals surface area (Å²) in [5.74, 6) is 0.938. The SMILES string of the molecule is Cc1cc(C(=O)N2CCN(CCC(C)C)CC2)sc1Br. The molecular formula is C15H23BrN2OS. The highest BCUT2D eigenvalue weighted by Crippen LogP contribution is 2.28. The lowest BCUT2D eigenvalue weighted by molar-refractivity contribution is 0.0636. The average molecular weight is 359 g/mol. The molecule has 0 N–H and O–H groups in total. The van der Waals surface area contributed by atoms with Crippen LogP contribution in [0.2, 0.25) is 0 Å². The molecule has 0 aromatic carbocycles. The normalized spacial score (nSPS) is 16.9. The molecule has 1 aromatic rings. The molecule has 2 rings (SSSR count). The van der Waals surface area contributed by atoms with E-state index >= 15 is 0 Å². The van der Waals surface area contributed by atoms with Gasteiger partial charge in [0.1, 0.15) is 0 Å². The van der Waals surface area contributed by atoms with E-state index in [4.69, 9.17) is 0 Å². The molecule has 0 radical (unpaired) electrons. The van der Waals surface area contributed by atoms with Crippen LogP contribution in [0.3, 0.4) is 0 Å². The van der Waals surface area contributed by atoms with Gasteiger partial charge in [0.05, 0.1) is 8.66 Å². The number of hydrogen-bond donors (Lipinski definition) is 0. The summed E-state index contributed by atoms with van der Waals surface area (Å²) in [6.45, 7) is 11.4. The standard InChI is InChI=1S/C15H23BrN2OS/c1-11(2)4-5-17-6-8-18(9-7-17)15(19)13-10-12(3)14(16)20-13/h10-11H,4-9H2,1-3H3. The lowest BCUT2D eigenvalue weighted by Gasteiger charge is -2.34. The highest BCUT2D eigenvalue weighted by molar-refractivity contribution is 9.11. The van der Waals surface area contributed by atoms with Crippen molar-refractivity contribution in [2.75, 3.05) is 32.7 Å². The summed E-state index contributed by atoms with van der Waals surface area (Å²) in [7, 11) is 0. The number of aryl methyl sites for hydroxylation is 1. The molecule has 1 aromatic heterocycles. The fourth-order valence-electron chi connectivity index (χ4n) is 2.34. The molecule has 20 heavy (non-hydrogen) atoms. The van der Waals surface area contributed by atoms with Gasteiger partial charge in [0.2, 0.25) is 0 Å². The Bertz CT molecular complexity index is 445. The third kappa shape index (κ3) is 4.06. The van der Waals surface area contributed by atoms with E-state index in [9.17, 15) is 4.79 Å². The first-order valence-electron chi connectivity index (χ1n) is 7.25. The second kappa shape index (κ2) is 7.05. The van der Waals surface area contributed by atoms with Crippen molar-refractivity contribution in [3.05, 3.63) is 20.3 Å². The minimum Gasteiger partial charge on any atom is -0.335 e. The summed E-state index contributed by atoms with van der Waals surface area (Å²) in [4.78, 5) is 17.7. The zero-order valence-electron chi connectivity index (χ0n) is 12.5. The Morgan fingerprint density at radius 2 is 2.00 bits per heavy atom. The summed E-state index contributed by atoms with van der Waals surface area (Å²) >= 11 is 5.03. The van der Waals surface area contributed by atoms with Crippen LogP contribution in [0, 0.1) is 12.8 Å². The molecule has 1 saturated heterocycles. The lowest BCUT2D eigenvalue weighted by Crippen LogP contribution is -2.48. The Kier molecular flexibility index (Phi) is 5.64. The van der Waals surface area contributed by atoms with Crippen molar-refractivity contribution in [1.29, 1.82) is 0 Å². The maximum absolute atomic E-state index is 12.4. The van der Waals surface area contributed by atoms with Gasteiger partial charge in [0.25, 0.3) is 5.91 Å². The molecule has 5 heteroatoms. The summed E-state index contributed by atoms with van der Waals surface area (Å²) < 4.78 is 1.07. The Morgan fingerprint density at radius 3 is 2.50 bits per heavy atom. The van der Waals surface area contributed by atoms with E-state index in [1.165, 1.54) is 6.42 Å². The van der Waals surface area contributed by atoms with Crippen LogP contribution < -0.4 is 0 Å². The highest BCUT2D eigenvalue weighted by Gasteiger charge is 2.23. The van der Waals surface area contributed by atoms with Gasteiger partial charge in [-0.15, -0.1) is 11.3 Å². The minimum absolute atomic E-state index is 0.187. The maximum Gasteiger partial charge on any atom is 0.264 e. The van der Waals surface area contributed by atoms with Gasteiger partial charge in [-0.1, -0.05) is 13.8 Å². The number of piperazine rings is 1. The van der Waals surface area contributed by atoms with E-state index in [1.54, 1.807) is 11.3 Å². The largest absolute Gasteiger partial charge is 0.335 e. The molecule has 3 nitrogen and oxygen atoms in total. The van der Waals surface area contributed by atoms with Gasteiger partial charge in [-0.3, -0.25) is 9.69 Å². The number of thiophene rings is 1. The highest BCUT2D eigenvalue weighted by atomic mass is 79.9. The van der Waals surface area contributed by atoms with Crippen molar-refractivity contribution in [1.82, 2.24) is 9.80 Å². The number of carbonyl (C=O) groups is 1. The van der Waals surface area contributed by atoms with E-state index < -0.39 is 0 Å². The molecule has 1 aliphatic rings. The molecule has 1 aliphatic heterocycles. The van der Waals surface area contributed by atoms with Crippen LogP contribution in [0.4, 0.5) is 0 Å². The first-order chi connectivity index (χ1) is 9.47. The van der Waals surface area contributed by atoms with E-state index in [-0.39, 0.29) is 5.91 Å². The van der Waals surface area contributed by atoms with Gasteiger partial charge in [-0.25, -0.2) is 0 Å². The quantitative estimate of drug-likeness (QED) is 0.820. The lowest BCUT2D eigenvalue weighted by atomic mass is 10.1. The third-order valence-electron chi connectivity index (χ3n) is 3.75. The van der Waals surface area contributed by atoms with Crippen molar-refractivity contribution >= 4 is 33.2 Å².